The second-order valence-electron chi connectivity index (χ2n) is 6.40. The Kier molecular flexibility index (Phi) is 4.76. The van der Waals surface area contributed by atoms with E-state index >= 15 is 0 Å². The molecule has 3 aromatic rings. The van der Waals surface area contributed by atoms with E-state index in [9.17, 15) is 14.0 Å². The van der Waals surface area contributed by atoms with Crippen molar-refractivity contribution in [1.82, 2.24) is 20.3 Å². The van der Waals surface area contributed by atoms with Gasteiger partial charge in [-0.2, -0.15) is 0 Å². The Bertz CT molecular complexity index is 1050. The molecule has 2 aromatic heterocycles. The van der Waals surface area contributed by atoms with Gasteiger partial charge in [0.1, 0.15) is 11.5 Å². The quantitative estimate of drug-likeness (QED) is 0.713. The van der Waals surface area contributed by atoms with Crippen LogP contribution in [0.1, 0.15) is 33.7 Å². The fourth-order valence-corrected chi connectivity index (χ4v) is 2.60. The highest BCUT2D eigenvalue weighted by molar-refractivity contribution is 6.05. The van der Waals surface area contributed by atoms with Gasteiger partial charge < -0.3 is 10.6 Å². The van der Waals surface area contributed by atoms with Gasteiger partial charge in [-0.05, 0) is 37.1 Å². The highest BCUT2D eigenvalue weighted by Gasteiger charge is 2.24. The van der Waals surface area contributed by atoms with Gasteiger partial charge in [0, 0.05) is 23.4 Å². The number of carbonyl (C=O) groups excluding carboxylic acids is 2. The van der Waals surface area contributed by atoms with Gasteiger partial charge >= 0.3 is 0 Å². The zero-order valence-corrected chi connectivity index (χ0v) is 14.7. The van der Waals surface area contributed by atoms with E-state index in [-0.39, 0.29) is 34.6 Å². The Hall–Kier alpha value is -3.68. The van der Waals surface area contributed by atoms with Gasteiger partial charge in [-0.3, -0.25) is 19.6 Å². The number of amides is 2. The summed E-state index contributed by atoms with van der Waals surface area (Å²) in [6.45, 7) is 0. The van der Waals surface area contributed by atoms with Crippen LogP contribution >= 0.6 is 0 Å². The number of rotatable bonds is 5. The number of carbonyl (C=O) groups is 2. The molecular formula is C20H16FN5O2. The van der Waals surface area contributed by atoms with E-state index in [2.05, 4.69) is 25.6 Å². The maximum atomic E-state index is 13.9. The molecule has 4 rings (SSSR count). The minimum absolute atomic E-state index is 0.172. The highest BCUT2D eigenvalue weighted by Crippen LogP contribution is 2.21. The lowest BCUT2D eigenvalue weighted by Gasteiger charge is -2.08. The fraction of sp³-hybridized carbons (Fsp3) is 0.150. The van der Waals surface area contributed by atoms with Crippen LogP contribution in [0.3, 0.4) is 0 Å². The van der Waals surface area contributed by atoms with Crippen LogP contribution in [-0.2, 0) is 0 Å². The topological polar surface area (TPSA) is 96.9 Å². The molecule has 0 saturated heterocycles. The zero-order chi connectivity index (χ0) is 19.5. The van der Waals surface area contributed by atoms with Crippen molar-refractivity contribution in [3.63, 3.8) is 0 Å². The molecule has 0 bridgehead atoms. The minimum atomic E-state index is -0.470. The van der Waals surface area contributed by atoms with Gasteiger partial charge in [-0.15, -0.1) is 0 Å². The Balaban J connectivity index is 1.52. The molecule has 0 aliphatic heterocycles. The summed E-state index contributed by atoms with van der Waals surface area (Å²) in [7, 11) is 0. The van der Waals surface area contributed by atoms with E-state index in [4.69, 9.17) is 0 Å². The number of benzene rings is 1. The first-order valence-corrected chi connectivity index (χ1v) is 8.75. The van der Waals surface area contributed by atoms with Gasteiger partial charge in [-0.1, -0.05) is 12.1 Å². The molecule has 1 aromatic carbocycles. The molecule has 140 valence electrons. The van der Waals surface area contributed by atoms with Gasteiger partial charge in [-0.25, -0.2) is 9.37 Å². The van der Waals surface area contributed by atoms with Gasteiger partial charge in [0.15, 0.2) is 5.82 Å². The Morgan fingerprint density at radius 1 is 1.07 bits per heavy atom. The number of anilines is 1. The van der Waals surface area contributed by atoms with Crippen molar-refractivity contribution in [3.05, 3.63) is 72.1 Å². The summed E-state index contributed by atoms with van der Waals surface area (Å²) in [6.07, 6.45) is 6.11. The molecule has 2 N–H and O–H groups in total. The van der Waals surface area contributed by atoms with Crippen molar-refractivity contribution >= 4 is 17.6 Å². The lowest BCUT2D eigenvalue weighted by atomic mass is 10.1. The molecule has 28 heavy (non-hydrogen) atoms. The molecule has 0 spiro atoms. The van der Waals surface area contributed by atoms with Gasteiger partial charge in [0.2, 0.25) is 0 Å². The van der Waals surface area contributed by atoms with Crippen molar-refractivity contribution in [3.8, 4) is 11.3 Å². The van der Waals surface area contributed by atoms with Crippen molar-refractivity contribution in [2.45, 2.75) is 18.9 Å². The van der Waals surface area contributed by atoms with E-state index in [0.29, 0.717) is 5.69 Å². The Morgan fingerprint density at radius 3 is 2.68 bits per heavy atom. The number of aromatic nitrogens is 3. The molecule has 7 nitrogen and oxygen atoms in total. The SMILES string of the molecule is O=C(Nc1cncc(-c2ccccc2F)n1)c1ccnc(C(=O)NC2CC2)c1. The van der Waals surface area contributed by atoms with Crippen molar-refractivity contribution in [2.24, 2.45) is 0 Å². The number of nitrogens with one attached hydrogen (secondary N) is 2. The molecule has 2 amide bonds. The minimum Gasteiger partial charge on any atom is -0.348 e. The monoisotopic (exact) mass is 377 g/mol. The summed E-state index contributed by atoms with van der Waals surface area (Å²) < 4.78 is 13.9. The molecule has 1 aliphatic carbocycles. The summed E-state index contributed by atoms with van der Waals surface area (Å²) in [6, 6.07) is 9.29. The van der Waals surface area contributed by atoms with Crippen LogP contribution < -0.4 is 10.6 Å². The molecule has 1 aliphatic rings. The van der Waals surface area contributed by atoms with Crippen molar-refractivity contribution < 1.29 is 14.0 Å². The van der Waals surface area contributed by atoms with Crippen molar-refractivity contribution in [1.29, 1.82) is 0 Å². The number of pyridine rings is 1. The number of hydrogen-bond donors (Lipinski definition) is 2. The number of nitrogens with zero attached hydrogens (tertiary/aromatic N) is 3. The van der Waals surface area contributed by atoms with E-state index in [1.807, 2.05) is 0 Å². The molecule has 0 unspecified atom stereocenters. The lowest BCUT2D eigenvalue weighted by molar-refractivity contribution is 0.0946. The third-order valence-electron chi connectivity index (χ3n) is 4.19. The molecule has 1 fully saturated rings. The molecule has 8 heteroatoms. The number of halogens is 1. The highest BCUT2D eigenvalue weighted by atomic mass is 19.1. The summed E-state index contributed by atoms with van der Waals surface area (Å²) in [5.41, 5.74) is 1.02. The largest absolute Gasteiger partial charge is 0.348 e. The second-order valence-corrected chi connectivity index (χ2v) is 6.40. The Morgan fingerprint density at radius 2 is 1.89 bits per heavy atom. The summed E-state index contributed by atoms with van der Waals surface area (Å²) >= 11 is 0. The molecule has 1 saturated carbocycles. The average Bonchev–Trinajstić information content (AvgIpc) is 3.52. The lowest BCUT2D eigenvalue weighted by Crippen LogP contribution is -2.26. The van der Waals surface area contributed by atoms with Crippen LogP contribution in [0.2, 0.25) is 0 Å². The average molecular weight is 377 g/mol. The smallest absolute Gasteiger partial charge is 0.270 e. The van der Waals surface area contributed by atoms with E-state index < -0.39 is 11.7 Å². The summed E-state index contributed by atoms with van der Waals surface area (Å²) in [5, 5.41) is 5.44. The van der Waals surface area contributed by atoms with Crippen LogP contribution in [-0.4, -0.2) is 32.8 Å². The van der Waals surface area contributed by atoms with Gasteiger partial charge in [0.05, 0.1) is 18.1 Å². The van der Waals surface area contributed by atoms with Crippen molar-refractivity contribution in [2.75, 3.05) is 5.32 Å². The predicted molar refractivity (Wildman–Crippen MR) is 100 cm³/mol. The van der Waals surface area contributed by atoms with Crippen LogP contribution in [0.15, 0.2) is 55.0 Å². The molecule has 0 radical (unpaired) electrons. The van der Waals surface area contributed by atoms with E-state index in [1.54, 1.807) is 18.2 Å². The molecule has 0 atom stereocenters. The first kappa shape index (κ1) is 17.7. The number of hydrogen-bond acceptors (Lipinski definition) is 5. The van der Waals surface area contributed by atoms with Crippen LogP contribution in [0.25, 0.3) is 11.3 Å². The molecule has 2 heterocycles. The van der Waals surface area contributed by atoms with E-state index in [0.717, 1.165) is 12.8 Å². The maximum absolute atomic E-state index is 13.9. The summed E-state index contributed by atoms with van der Waals surface area (Å²) in [4.78, 5) is 36.9. The molecular weight excluding hydrogens is 361 g/mol. The third kappa shape index (κ3) is 4.01. The van der Waals surface area contributed by atoms with Crippen LogP contribution in [0, 0.1) is 5.82 Å². The first-order valence-electron chi connectivity index (χ1n) is 8.75. The normalized spacial score (nSPS) is 13.0. The second kappa shape index (κ2) is 7.51. The maximum Gasteiger partial charge on any atom is 0.270 e. The van der Waals surface area contributed by atoms with Crippen LogP contribution in [0.5, 0.6) is 0 Å². The first-order chi connectivity index (χ1) is 13.6. The predicted octanol–water partition coefficient (Wildman–Crippen LogP) is 2.82. The third-order valence-corrected chi connectivity index (χ3v) is 4.19. The summed E-state index contributed by atoms with van der Waals surface area (Å²) in [5.74, 6) is -1.03. The van der Waals surface area contributed by atoms with E-state index in [1.165, 1.54) is 36.8 Å². The fourth-order valence-electron chi connectivity index (χ4n) is 2.60. The Labute approximate surface area is 160 Å². The van der Waals surface area contributed by atoms with Gasteiger partial charge in [0.25, 0.3) is 11.8 Å². The zero-order valence-electron chi connectivity index (χ0n) is 14.7. The van der Waals surface area contributed by atoms with Crippen LogP contribution in [0.4, 0.5) is 10.2 Å². The standard InChI is InChI=1S/C20H16FN5O2/c21-15-4-2-1-3-14(15)17-10-22-11-18(25-17)26-19(27)12-7-8-23-16(9-12)20(28)24-13-5-6-13/h1-4,7-11,13H,5-6H2,(H,24,28)(H,25,26,27).